The number of anilines is 1. The van der Waals surface area contributed by atoms with Gasteiger partial charge in [-0.2, -0.15) is 0 Å². The Bertz CT molecular complexity index is 1150. The molecule has 8 nitrogen and oxygen atoms in total. The van der Waals surface area contributed by atoms with Crippen LogP contribution in [-0.4, -0.2) is 29.2 Å². The van der Waals surface area contributed by atoms with E-state index in [0.717, 1.165) is 6.07 Å². The molecule has 0 heterocycles. The first-order valence-electron chi connectivity index (χ1n) is 8.96. The predicted molar refractivity (Wildman–Crippen MR) is 113 cm³/mol. The molecule has 0 atom stereocenters. The van der Waals surface area contributed by atoms with E-state index >= 15 is 0 Å². The fourth-order valence-electron chi connectivity index (χ4n) is 2.68. The number of ether oxygens (including phenoxy) is 1. The number of benzene rings is 3. The number of esters is 1. The minimum Gasteiger partial charge on any atom is -0.452 e. The molecule has 9 heteroatoms. The molecule has 0 fully saturated rings. The molecule has 0 saturated heterocycles. The third-order valence-electron chi connectivity index (χ3n) is 4.18. The lowest BCUT2D eigenvalue weighted by molar-refractivity contribution is -0.383. The second kappa shape index (κ2) is 9.64. The molecule has 1 amide bonds. The highest BCUT2D eigenvalue weighted by molar-refractivity contribution is 6.31. The third-order valence-corrected chi connectivity index (χ3v) is 4.42. The Morgan fingerprint density at radius 1 is 0.903 bits per heavy atom. The molecule has 31 heavy (non-hydrogen) atoms. The van der Waals surface area contributed by atoms with Crippen molar-refractivity contribution in [3.8, 4) is 0 Å². The predicted octanol–water partition coefficient (Wildman–Crippen LogP) is 4.27. The number of nitrogens with one attached hydrogen (secondary N) is 1. The Morgan fingerprint density at radius 3 is 2.16 bits per heavy atom. The zero-order chi connectivity index (χ0) is 22.4. The highest BCUT2D eigenvalue weighted by Crippen LogP contribution is 2.27. The molecule has 156 valence electrons. The molecule has 3 rings (SSSR count). The first kappa shape index (κ1) is 21.7. The average molecular weight is 439 g/mol. The molecule has 1 N–H and O–H groups in total. The van der Waals surface area contributed by atoms with E-state index in [4.69, 9.17) is 16.3 Å². The van der Waals surface area contributed by atoms with Gasteiger partial charge in [0, 0.05) is 22.2 Å². The summed E-state index contributed by atoms with van der Waals surface area (Å²) in [6.45, 7) is -0.649. The van der Waals surface area contributed by atoms with Gasteiger partial charge < -0.3 is 10.1 Å². The topological polar surface area (TPSA) is 116 Å². The van der Waals surface area contributed by atoms with Gasteiger partial charge in [-0.05, 0) is 24.3 Å². The van der Waals surface area contributed by atoms with E-state index in [1.165, 1.54) is 36.4 Å². The summed E-state index contributed by atoms with van der Waals surface area (Å²) in [6, 6.07) is 18.3. The third kappa shape index (κ3) is 5.52. The minimum atomic E-state index is -0.778. The fraction of sp³-hybridized carbons (Fsp3) is 0.0455. The highest BCUT2D eigenvalue weighted by atomic mass is 35.5. The Balaban J connectivity index is 1.59. The van der Waals surface area contributed by atoms with Crippen LogP contribution < -0.4 is 5.32 Å². The molecule has 0 aromatic heterocycles. The first-order chi connectivity index (χ1) is 14.8. The van der Waals surface area contributed by atoms with E-state index in [-0.39, 0.29) is 27.7 Å². The van der Waals surface area contributed by atoms with E-state index in [9.17, 15) is 24.5 Å². The van der Waals surface area contributed by atoms with Crippen molar-refractivity contribution in [2.75, 3.05) is 11.9 Å². The quantitative estimate of drug-likeness (QED) is 0.255. The number of carbonyl (C=O) groups excluding carboxylic acids is 3. The van der Waals surface area contributed by atoms with Crippen LogP contribution >= 0.6 is 11.6 Å². The molecule has 0 radical (unpaired) electrons. The summed E-state index contributed by atoms with van der Waals surface area (Å²) in [5.41, 5.74) is 0.612. The molecule has 0 aliphatic heterocycles. The second-order valence-electron chi connectivity index (χ2n) is 6.32. The maximum absolute atomic E-state index is 12.4. The van der Waals surface area contributed by atoms with Gasteiger partial charge in [0.2, 0.25) is 0 Å². The molecule has 0 spiro atoms. The summed E-state index contributed by atoms with van der Waals surface area (Å²) in [5.74, 6) is -1.72. The molecule has 0 aliphatic carbocycles. The van der Waals surface area contributed by atoms with Crippen LogP contribution in [0.25, 0.3) is 0 Å². The number of nitrogens with zero attached hydrogens (tertiary/aromatic N) is 1. The second-order valence-corrected chi connectivity index (χ2v) is 6.75. The number of halogens is 1. The van der Waals surface area contributed by atoms with E-state index in [0.29, 0.717) is 11.1 Å². The highest BCUT2D eigenvalue weighted by Gasteiger charge is 2.18. The maximum atomic E-state index is 12.4. The molecule has 0 bridgehead atoms. The Hall–Kier alpha value is -4.04. The van der Waals surface area contributed by atoms with Gasteiger partial charge in [-0.25, -0.2) is 4.79 Å². The van der Waals surface area contributed by atoms with Gasteiger partial charge in [-0.15, -0.1) is 0 Å². The molecular formula is C22H15ClN2O6. The standard InChI is InChI=1S/C22H15ClN2O6/c23-17-10-11-18(19(12-17)25(29)30)24-20(26)13-31-22(28)16-8-6-15(7-9-16)21(27)14-4-2-1-3-5-14/h1-12H,13H2,(H,24,26). The number of ketones is 1. The summed E-state index contributed by atoms with van der Waals surface area (Å²) in [5, 5.41) is 13.5. The molecule has 0 saturated carbocycles. The molecular weight excluding hydrogens is 424 g/mol. The van der Waals surface area contributed by atoms with Crippen molar-refractivity contribution < 1.29 is 24.0 Å². The summed E-state index contributed by atoms with van der Waals surface area (Å²) in [4.78, 5) is 46.9. The first-order valence-corrected chi connectivity index (χ1v) is 9.33. The lowest BCUT2D eigenvalue weighted by atomic mass is 10.0. The van der Waals surface area contributed by atoms with E-state index < -0.39 is 23.4 Å². The molecule has 0 unspecified atom stereocenters. The summed E-state index contributed by atoms with van der Waals surface area (Å²) < 4.78 is 4.94. The van der Waals surface area contributed by atoms with Crippen molar-refractivity contribution in [1.29, 1.82) is 0 Å². The number of nitro benzene ring substituents is 1. The van der Waals surface area contributed by atoms with Crippen LogP contribution in [0.4, 0.5) is 11.4 Å². The molecule has 0 aliphatic rings. The zero-order valence-corrected chi connectivity index (χ0v) is 16.7. The van der Waals surface area contributed by atoms with E-state index in [1.807, 2.05) is 0 Å². The number of amides is 1. The molecule has 3 aromatic carbocycles. The number of carbonyl (C=O) groups is 3. The minimum absolute atomic E-state index is 0.0702. The lowest BCUT2D eigenvalue weighted by Crippen LogP contribution is -2.21. The van der Waals surface area contributed by atoms with Crippen molar-refractivity contribution in [1.82, 2.24) is 0 Å². The van der Waals surface area contributed by atoms with E-state index in [1.54, 1.807) is 30.3 Å². The van der Waals surface area contributed by atoms with Crippen molar-refractivity contribution in [3.05, 3.63) is 105 Å². The van der Waals surface area contributed by atoms with Gasteiger partial charge in [-0.3, -0.25) is 19.7 Å². The Kier molecular flexibility index (Phi) is 6.74. The van der Waals surface area contributed by atoms with Crippen molar-refractivity contribution in [2.45, 2.75) is 0 Å². The SMILES string of the molecule is O=C(COC(=O)c1ccc(C(=O)c2ccccc2)cc1)Nc1ccc(Cl)cc1[N+](=O)[O-]. The van der Waals surface area contributed by atoms with Crippen molar-refractivity contribution >= 4 is 40.6 Å². The van der Waals surface area contributed by atoms with Crippen LogP contribution in [0.15, 0.2) is 72.8 Å². The summed E-state index contributed by atoms with van der Waals surface area (Å²) >= 11 is 5.73. The lowest BCUT2D eigenvalue weighted by Gasteiger charge is -2.08. The maximum Gasteiger partial charge on any atom is 0.338 e. The molecule has 3 aromatic rings. The van der Waals surface area contributed by atoms with Crippen LogP contribution in [0, 0.1) is 10.1 Å². The van der Waals surface area contributed by atoms with Gasteiger partial charge in [-0.1, -0.05) is 54.1 Å². The number of hydrogen-bond donors (Lipinski definition) is 1. The average Bonchev–Trinajstić information content (AvgIpc) is 2.78. The largest absolute Gasteiger partial charge is 0.452 e. The van der Waals surface area contributed by atoms with Crippen LogP contribution in [0.5, 0.6) is 0 Å². The Morgan fingerprint density at radius 2 is 1.52 bits per heavy atom. The van der Waals surface area contributed by atoms with E-state index in [2.05, 4.69) is 5.32 Å². The van der Waals surface area contributed by atoms with Gasteiger partial charge >= 0.3 is 5.97 Å². The van der Waals surface area contributed by atoms with Crippen molar-refractivity contribution in [3.63, 3.8) is 0 Å². The number of rotatable bonds is 7. The van der Waals surface area contributed by atoms with Gasteiger partial charge in [0.25, 0.3) is 11.6 Å². The smallest absolute Gasteiger partial charge is 0.338 e. The monoisotopic (exact) mass is 438 g/mol. The number of nitro groups is 1. The summed E-state index contributed by atoms with van der Waals surface area (Å²) in [7, 11) is 0. The van der Waals surface area contributed by atoms with Crippen LogP contribution in [0.1, 0.15) is 26.3 Å². The van der Waals surface area contributed by atoms with Gasteiger partial charge in [0.1, 0.15) is 5.69 Å². The van der Waals surface area contributed by atoms with Gasteiger partial charge in [0.15, 0.2) is 12.4 Å². The van der Waals surface area contributed by atoms with Crippen molar-refractivity contribution in [2.24, 2.45) is 0 Å². The van der Waals surface area contributed by atoms with Gasteiger partial charge in [0.05, 0.1) is 10.5 Å². The normalized spacial score (nSPS) is 10.2. The Labute approximate surface area is 181 Å². The summed E-state index contributed by atoms with van der Waals surface area (Å²) in [6.07, 6.45) is 0. The number of hydrogen-bond acceptors (Lipinski definition) is 6. The fourth-order valence-corrected chi connectivity index (χ4v) is 2.84. The van der Waals surface area contributed by atoms with Crippen LogP contribution in [0.3, 0.4) is 0 Å². The van der Waals surface area contributed by atoms with Crippen LogP contribution in [0.2, 0.25) is 5.02 Å². The van der Waals surface area contributed by atoms with Crippen LogP contribution in [-0.2, 0) is 9.53 Å². The zero-order valence-electron chi connectivity index (χ0n) is 15.9.